The van der Waals surface area contributed by atoms with Crippen molar-refractivity contribution < 1.29 is 17.0 Å². The minimum Gasteiger partial charge on any atom is -0.446 e. The molecule has 0 aliphatic heterocycles. The summed E-state index contributed by atoms with van der Waals surface area (Å²) in [6, 6.07) is 6.62. The SMILES string of the molecule is Cc1ccc(S(=O)(=O)OC2CCCc3oc(C)nc32)cc1. The smallest absolute Gasteiger partial charge is 0.297 e. The van der Waals surface area contributed by atoms with Gasteiger partial charge in [0.2, 0.25) is 0 Å². The molecule has 2 aromatic rings. The van der Waals surface area contributed by atoms with E-state index in [1.807, 2.05) is 6.92 Å². The number of rotatable bonds is 3. The molecule has 1 aromatic carbocycles. The van der Waals surface area contributed by atoms with Crippen LogP contribution < -0.4 is 0 Å². The molecule has 0 bridgehead atoms. The number of nitrogens with zero attached hydrogens (tertiary/aromatic N) is 1. The highest BCUT2D eigenvalue weighted by molar-refractivity contribution is 7.86. The molecule has 1 aliphatic rings. The average molecular weight is 307 g/mol. The molecule has 6 heteroatoms. The Morgan fingerprint density at radius 2 is 1.95 bits per heavy atom. The van der Waals surface area contributed by atoms with Gasteiger partial charge in [-0.25, -0.2) is 4.98 Å². The molecule has 1 heterocycles. The van der Waals surface area contributed by atoms with Crippen LogP contribution in [0, 0.1) is 13.8 Å². The summed E-state index contributed by atoms with van der Waals surface area (Å²) in [6.45, 7) is 3.66. The molecular formula is C15H17NO4S. The maximum atomic E-state index is 12.3. The van der Waals surface area contributed by atoms with E-state index in [0.717, 1.165) is 24.2 Å². The van der Waals surface area contributed by atoms with E-state index >= 15 is 0 Å². The summed E-state index contributed by atoms with van der Waals surface area (Å²) in [5.74, 6) is 1.28. The molecule has 21 heavy (non-hydrogen) atoms. The predicted molar refractivity (Wildman–Crippen MR) is 76.4 cm³/mol. The lowest BCUT2D eigenvalue weighted by molar-refractivity contribution is 0.183. The summed E-state index contributed by atoms with van der Waals surface area (Å²) in [6.07, 6.45) is 1.68. The third kappa shape index (κ3) is 2.87. The molecule has 0 fully saturated rings. The fourth-order valence-corrected chi connectivity index (χ4v) is 3.58. The van der Waals surface area contributed by atoms with Gasteiger partial charge in [-0.3, -0.25) is 4.18 Å². The fraction of sp³-hybridized carbons (Fsp3) is 0.400. The minimum absolute atomic E-state index is 0.167. The summed E-state index contributed by atoms with van der Waals surface area (Å²) in [4.78, 5) is 4.44. The predicted octanol–water partition coefficient (Wildman–Crippen LogP) is 3.07. The molecule has 0 spiro atoms. The summed E-state index contributed by atoms with van der Waals surface area (Å²) in [7, 11) is -3.79. The number of benzene rings is 1. The highest BCUT2D eigenvalue weighted by atomic mass is 32.2. The standard InChI is InChI=1S/C15H17NO4S/c1-10-6-8-12(9-7-10)21(17,18)20-14-5-3-4-13-15(14)16-11(2)19-13/h6-9,14H,3-5H2,1-2H3. The largest absolute Gasteiger partial charge is 0.446 e. The summed E-state index contributed by atoms with van der Waals surface area (Å²) < 4.78 is 35.6. The van der Waals surface area contributed by atoms with Gasteiger partial charge in [0.05, 0.1) is 4.90 Å². The van der Waals surface area contributed by atoms with Crippen LogP contribution in [-0.4, -0.2) is 13.4 Å². The average Bonchev–Trinajstić information content (AvgIpc) is 2.80. The Balaban J connectivity index is 1.88. The first-order chi connectivity index (χ1) is 9.95. The van der Waals surface area contributed by atoms with Crippen LogP contribution in [0.15, 0.2) is 33.6 Å². The van der Waals surface area contributed by atoms with Crippen molar-refractivity contribution in [2.45, 2.75) is 44.1 Å². The monoisotopic (exact) mass is 307 g/mol. The van der Waals surface area contributed by atoms with Crippen LogP contribution in [0.5, 0.6) is 0 Å². The third-order valence-corrected chi connectivity index (χ3v) is 4.90. The number of hydrogen-bond donors (Lipinski definition) is 0. The van der Waals surface area contributed by atoms with Crippen LogP contribution in [0.25, 0.3) is 0 Å². The molecule has 0 amide bonds. The van der Waals surface area contributed by atoms with Crippen molar-refractivity contribution in [3.63, 3.8) is 0 Å². The Labute approximate surface area is 124 Å². The van der Waals surface area contributed by atoms with Crippen LogP contribution in [0.2, 0.25) is 0 Å². The second-order valence-electron chi connectivity index (χ2n) is 5.29. The Morgan fingerprint density at radius 3 is 2.67 bits per heavy atom. The molecule has 0 radical (unpaired) electrons. The van der Waals surface area contributed by atoms with Crippen LogP contribution in [0.3, 0.4) is 0 Å². The normalized spacial score (nSPS) is 18.5. The van der Waals surface area contributed by atoms with Gasteiger partial charge in [0, 0.05) is 13.3 Å². The molecular weight excluding hydrogens is 290 g/mol. The minimum atomic E-state index is -3.79. The molecule has 5 nitrogen and oxygen atoms in total. The lowest BCUT2D eigenvalue weighted by Gasteiger charge is -2.20. The van der Waals surface area contributed by atoms with Gasteiger partial charge < -0.3 is 4.42 Å². The van der Waals surface area contributed by atoms with E-state index in [-0.39, 0.29) is 4.90 Å². The maximum Gasteiger partial charge on any atom is 0.297 e. The number of hydrogen-bond acceptors (Lipinski definition) is 5. The van der Waals surface area contributed by atoms with E-state index in [1.165, 1.54) is 0 Å². The second-order valence-corrected chi connectivity index (χ2v) is 6.86. The van der Waals surface area contributed by atoms with Crippen molar-refractivity contribution in [1.29, 1.82) is 0 Å². The lowest BCUT2D eigenvalue weighted by Crippen LogP contribution is -2.17. The zero-order valence-electron chi connectivity index (χ0n) is 12.0. The van der Waals surface area contributed by atoms with Crippen LogP contribution >= 0.6 is 0 Å². The molecule has 3 rings (SSSR count). The molecule has 0 saturated carbocycles. The second kappa shape index (κ2) is 5.27. The van der Waals surface area contributed by atoms with Crippen LogP contribution in [-0.2, 0) is 20.7 Å². The van der Waals surface area contributed by atoms with E-state index in [2.05, 4.69) is 4.98 Å². The lowest BCUT2D eigenvalue weighted by atomic mass is 9.99. The van der Waals surface area contributed by atoms with E-state index in [9.17, 15) is 8.42 Å². The Bertz CT molecular complexity index is 746. The number of fused-ring (bicyclic) bond motifs is 1. The van der Waals surface area contributed by atoms with E-state index in [0.29, 0.717) is 18.0 Å². The Kier molecular flexibility index (Phi) is 3.59. The molecule has 0 saturated heterocycles. The van der Waals surface area contributed by atoms with E-state index in [4.69, 9.17) is 8.60 Å². The van der Waals surface area contributed by atoms with Gasteiger partial charge >= 0.3 is 0 Å². The molecule has 1 atom stereocenters. The fourth-order valence-electron chi connectivity index (χ4n) is 2.51. The molecule has 0 N–H and O–H groups in total. The topological polar surface area (TPSA) is 69.4 Å². The first-order valence-corrected chi connectivity index (χ1v) is 8.33. The van der Waals surface area contributed by atoms with Gasteiger partial charge in [0.1, 0.15) is 17.6 Å². The first-order valence-electron chi connectivity index (χ1n) is 6.92. The van der Waals surface area contributed by atoms with Gasteiger partial charge in [0.15, 0.2) is 5.89 Å². The van der Waals surface area contributed by atoms with Crippen molar-refractivity contribution in [3.8, 4) is 0 Å². The van der Waals surface area contributed by atoms with Crippen molar-refractivity contribution in [2.75, 3.05) is 0 Å². The van der Waals surface area contributed by atoms with Crippen molar-refractivity contribution in [1.82, 2.24) is 4.98 Å². The molecule has 1 unspecified atom stereocenters. The Morgan fingerprint density at radius 1 is 1.24 bits per heavy atom. The van der Waals surface area contributed by atoms with Crippen LogP contribution in [0.4, 0.5) is 0 Å². The molecule has 1 aliphatic carbocycles. The zero-order chi connectivity index (χ0) is 15.0. The van der Waals surface area contributed by atoms with Gasteiger partial charge in [0.25, 0.3) is 10.1 Å². The summed E-state index contributed by atoms with van der Waals surface area (Å²) in [5, 5.41) is 0. The molecule has 112 valence electrons. The quantitative estimate of drug-likeness (QED) is 0.815. The summed E-state index contributed by atoms with van der Waals surface area (Å²) in [5.41, 5.74) is 1.62. The van der Waals surface area contributed by atoms with Gasteiger partial charge in [-0.1, -0.05) is 17.7 Å². The van der Waals surface area contributed by atoms with Crippen molar-refractivity contribution in [3.05, 3.63) is 47.2 Å². The maximum absolute atomic E-state index is 12.3. The number of aromatic nitrogens is 1. The van der Waals surface area contributed by atoms with Gasteiger partial charge in [-0.2, -0.15) is 8.42 Å². The van der Waals surface area contributed by atoms with E-state index in [1.54, 1.807) is 31.2 Å². The highest BCUT2D eigenvalue weighted by Crippen LogP contribution is 2.34. The van der Waals surface area contributed by atoms with E-state index < -0.39 is 16.2 Å². The van der Waals surface area contributed by atoms with Crippen LogP contribution in [0.1, 0.15) is 41.9 Å². The number of oxazole rings is 1. The number of aryl methyl sites for hydroxylation is 3. The van der Waals surface area contributed by atoms with Gasteiger partial charge in [-0.15, -0.1) is 0 Å². The van der Waals surface area contributed by atoms with Crippen molar-refractivity contribution in [2.24, 2.45) is 0 Å². The summed E-state index contributed by atoms with van der Waals surface area (Å²) >= 11 is 0. The zero-order valence-corrected chi connectivity index (χ0v) is 12.8. The Hall–Kier alpha value is -1.66. The first kappa shape index (κ1) is 14.3. The molecule has 1 aromatic heterocycles. The van der Waals surface area contributed by atoms with Gasteiger partial charge in [-0.05, 0) is 31.9 Å². The van der Waals surface area contributed by atoms with Crippen molar-refractivity contribution >= 4 is 10.1 Å². The third-order valence-electron chi connectivity index (χ3n) is 3.56. The highest BCUT2D eigenvalue weighted by Gasteiger charge is 2.31.